The molecule has 0 aromatic heterocycles. The second-order valence-electron chi connectivity index (χ2n) is 4.41. The van der Waals surface area contributed by atoms with E-state index in [1.165, 1.54) is 0 Å². The van der Waals surface area contributed by atoms with Gasteiger partial charge in [-0.05, 0) is 13.3 Å². The zero-order chi connectivity index (χ0) is 14.6. The number of rotatable bonds is 4. The van der Waals surface area contributed by atoms with Gasteiger partial charge in [-0.15, -0.1) is 0 Å². The normalized spacial score (nSPS) is 20.7. The first-order valence-corrected chi connectivity index (χ1v) is 5.97. The molecule has 0 aromatic rings. The average molecular weight is 271 g/mol. The molecule has 19 heavy (non-hydrogen) atoms. The number of carbonyl (C=O) groups is 4. The zero-order valence-electron chi connectivity index (χ0n) is 10.8. The van der Waals surface area contributed by atoms with Gasteiger partial charge in [0, 0.05) is 6.04 Å². The Labute approximate surface area is 110 Å². The molecule has 1 heterocycles. The van der Waals surface area contributed by atoms with Gasteiger partial charge >= 0.3 is 12.0 Å². The van der Waals surface area contributed by atoms with Gasteiger partial charge in [0.05, 0.1) is 6.42 Å². The van der Waals surface area contributed by atoms with Crippen molar-refractivity contribution < 1.29 is 24.3 Å². The molecule has 1 aliphatic heterocycles. The van der Waals surface area contributed by atoms with E-state index in [9.17, 15) is 19.2 Å². The van der Waals surface area contributed by atoms with Crippen LogP contribution in [0.15, 0.2) is 0 Å². The number of imide groups is 1. The summed E-state index contributed by atoms with van der Waals surface area (Å²) in [4.78, 5) is 46.4. The molecule has 8 nitrogen and oxygen atoms in total. The highest BCUT2D eigenvalue weighted by atomic mass is 16.4. The minimum atomic E-state index is -1.03. The van der Waals surface area contributed by atoms with Crippen LogP contribution in [-0.2, 0) is 14.4 Å². The average Bonchev–Trinajstić information content (AvgIpc) is 2.26. The molecule has 8 heteroatoms. The molecule has 0 aliphatic carbocycles. The lowest BCUT2D eigenvalue weighted by Gasteiger charge is -2.34. The summed E-state index contributed by atoms with van der Waals surface area (Å²) >= 11 is 0. The van der Waals surface area contributed by atoms with Gasteiger partial charge in [-0.3, -0.25) is 19.7 Å². The number of piperazine rings is 1. The summed E-state index contributed by atoms with van der Waals surface area (Å²) in [7, 11) is 0. The first kappa shape index (κ1) is 14.9. The Bertz CT molecular complexity index is 409. The van der Waals surface area contributed by atoms with Crippen LogP contribution in [0.2, 0.25) is 0 Å². The molecular weight excluding hydrogens is 254 g/mol. The molecule has 4 amide bonds. The number of carbonyl (C=O) groups excluding carboxylic acids is 3. The van der Waals surface area contributed by atoms with Gasteiger partial charge in [0.25, 0.3) is 0 Å². The Balaban J connectivity index is 2.70. The van der Waals surface area contributed by atoms with E-state index < -0.39 is 35.9 Å². The Morgan fingerprint density at radius 3 is 2.68 bits per heavy atom. The summed E-state index contributed by atoms with van der Waals surface area (Å²) in [6, 6.07) is -1.90. The van der Waals surface area contributed by atoms with Crippen LogP contribution in [0.5, 0.6) is 0 Å². The van der Waals surface area contributed by atoms with E-state index in [0.29, 0.717) is 6.42 Å². The van der Waals surface area contributed by atoms with Crippen LogP contribution >= 0.6 is 0 Å². The van der Waals surface area contributed by atoms with Gasteiger partial charge in [0.1, 0.15) is 12.6 Å². The highest BCUT2D eigenvalue weighted by molar-refractivity contribution is 6.04. The number of carboxylic acids is 1. The number of hydrogen-bond donors (Lipinski definition) is 3. The number of nitrogens with zero attached hydrogens (tertiary/aromatic N) is 1. The van der Waals surface area contributed by atoms with Gasteiger partial charge in [0.2, 0.25) is 11.8 Å². The summed E-state index contributed by atoms with van der Waals surface area (Å²) < 4.78 is 0. The molecule has 0 bridgehead atoms. The van der Waals surface area contributed by atoms with Crippen LogP contribution in [0.4, 0.5) is 4.79 Å². The van der Waals surface area contributed by atoms with Crippen molar-refractivity contribution in [2.75, 3.05) is 6.54 Å². The Kier molecular flexibility index (Phi) is 4.85. The van der Waals surface area contributed by atoms with Crippen LogP contribution in [0, 0.1) is 0 Å². The topological polar surface area (TPSA) is 116 Å². The van der Waals surface area contributed by atoms with Crippen LogP contribution in [0.3, 0.4) is 0 Å². The monoisotopic (exact) mass is 271 g/mol. The summed E-state index contributed by atoms with van der Waals surface area (Å²) in [6.45, 7) is 3.05. The summed E-state index contributed by atoms with van der Waals surface area (Å²) in [5, 5.41) is 13.2. The van der Waals surface area contributed by atoms with Gasteiger partial charge in [-0.2, -0.15) is 0 Å². The minimum Gasteiger partial charge on any atom is -0.481 e. The SMILES string of the molecule is CCC1C(=O)NC(=O)CN1C(=O)NC(C)CC(=O)O. The third-order valence-corrected chi connectivity index (χ3v) is 2.75. The quantitative estimate of drug-likeness (QED) is 0.584. The third-order valence-electron chi connectivity index (χ3n) is 2.75. The Hall–Kier alpha value is -2.12. The Morgan fingerprint density at radius 2 is 2.16 bits per heavy atom. The highest BCUT2D eigenvalue weighted by Crippen LogP contribution is 2.09. The second kappa shape index (κ2) is 6.17. The van der Waals surface area contributed by atoms with E-state index >= 15 is 0 Å². The first-order valence-electron chi connectivity index (χ1n) is 5.97. The van der Waals surface area contributed by atoms with Gasteiger partial charge in [0.15, 0.2) is 0 Å². The van der Waals surface area contributed by atoms with Crippen LogP contribution in [0.25, 0.3) is 0 Å². The van der Waals surface area contributed by atoms with Crippen molar-refractivity contribution in [1.29, 1.82) is 0 Å². The molecule has 1 aliphatic rings. The molecule has 1 fully saturated rings. The molecule has 1 rings (SSSR count). The fourth-order valence-corrected chi connectivity index (χ4v) is 1.89. The number of amides is 4. The highest BCUT2D eigenvalue weighted by Gasteiger charge is 2.35. The largest absolute Gasteiger partial charge is 0.481 e. The van der Waals surface area contributed by atoms with Crippen molar-refractivity contribution in [3.8, 4) is 0 Å². The molecule has 0 spiro atoms. The van der Waals surface area contributed by atoms with Crippen molar-refractivity contribution in [2.24, 2.45) is 0 Å². The predicted octanol–water partition coefficient (Wildman–Crippen LogP) is -0.704. The van der Waals surface area contributed by atoms with E-state index in [2.05, 4.69) is 10.6 Å². The molecule has 0 saturated carbocycles. The summed E-state index contributed by atoms with van der Waals surface area (Å²) in [5.41, 5.74) is 0. The molecule has 2 unspecified atom stereocenters. The van der Waals surface area contributed by atoms with Crippen molar-refractivity contribution in [2.45, 2.75) is 38.8 Å². The lowest BCUT2D eigenvalue weighted by atomic mass is 10.1. The summed E-state index contributed by atoms with van der Waals surface area (Å²) in [6.07, 6.45) is 0.149. The van der Waals surface area contributed by atoms with Crippen LogP contribution < -0.4 is 10.6 Å². The lowest BCUT2D eigenvalue weighted by Crippen LogP contribution is -2.62. The second-order valence-corrected chi connectivity index (χ2v) is 4.41. The maximum Gasteiger partial charge on any atom is 0.318 e. The van der Waals surface area contributed by atoms with Crippen molar-refractivity contribution >= 4 is 23.8 Å². The van der Waals surface area contributed by atoms with E-state index in [-0.39, 0.29) is 13.0 Å². The van der Waals surface area contributed by atoms with E-state index in [1.54, 1.807) is 13.8 Å². The molecule has 0 aromatic carbocycles. The molecule has 106 valence electrons. The van der Waals surface area contributed by atoms with E-state index in [1.807, 2.05) is 0 Å². The maximum atomic E-state index is 11.9. The van der Waals surface area contributed by atoms with Crippen LogP contribution in [0.1, 0.15) is 26.7 Å². The van der Waals surface area contributed by atoms with Gasteiger partial charge < -0.3 is 15.3 Å². The number of carboxylic acid groups (broad SMARTS) is 1. The number of nitrogens with one attached hydrogen (secondary N) is 2. The molecule has 3 N–H and O–H groups in total. The number of hydrogen-bond acceptors (Lipinski definition) is 4. The molecule has 1 saturated heterocycles. The first-order chi connectivity index (χ1) is 8.85. The lowest BCUT2D eigenvalue weighted by molar-refractivity contribution is -0.139. The minimum absolute atomic E-state index is 0.212. The number of aliphatic carboxylic acids is 1. The fourth-order valence-electron chi connectivity index (χ4n) is 1.89. The van der Waals surface area contributed by atoms with Crippen LogP contribution in [-0.4, -0.2) is 52.4 Å². The Morgan fingerprint density at radius 1 is 1.53 bits per heavy atom. The van der Waals surface area contributed by atoms with Gasteiger partial charge in [-0.1, -0.05) is 6.92 Å². The molecule has 2 atom stereocenters. The maximum absolute atomic E-state index is 11.9. The number of urea groups is 1. The fraction of sp³-hybridized carbons (Fsp3) is 0.636. The van der Waals surface area contributed by atoms with Crippen molar-refractivity contribution in [3.05, 3.63) is 0 Å². The third kappa shape index (κ3) is 3.94. The van der Waals surface area contributed by atoms with E-state index in [0.717, 1.165) is 4.90 Å². The predicted molar refractivity (Wildman–Crippen MR) is 64.2 cm³/mol. The molecule has 0 radical (unpaired) electrons. The van der Waals surface area contributed by atoms with Crippen molar-refractivity contribution in [3.63, 3.8) is 0 Å². The summed E-state index contributed by atoms with van der Waals surface area (Å²) in [5.74, 6) is -2.09. The standard InChI is InChI=1S/C11H17N3O5/c1-3-7-10(18)13-8(15)5-14(7)11(19)12-6(2)4-9(16)17/h6-7H,3-5H2,1-2H3,(H,12,19)(H,16,17)(H,13,15,18). The zero-order valence-corrected chi connectivity index (χ0v) is 10.8. The van der Waals surface area contributed by atoms with Crippen molar-refractivity contribution in [1.82, 2.24) is 15.5 Å². The molecular formula is C11H17N3O5. The smallest absolute Gasteiger partial charge is 0.318 e. The van der Waals surface area contributed by atoms with E-state index in [4.69, 9.17) is 5.11 Å². The van der Waals surface area contributed by atoms with Gasteiger partial charge in [-0.25, -0.2) is 4.79 Å².